The van der Waals surface area contributed by atoms with Crippen LogP contribution in [-0.4, -0.2) is 6.54 Å². The highest BCUT2D eigenvalue weighted by molar-refractivity contribution is 7.19. The second-order valence-electron chi connectivity index (χ2n) is 3.78. The van der Waals surface area contributed by atoms with Crippen molar-refractivity contribution in [2.24, 2.45) is 0 Å². The highest BCUT2D eigenvalue weighted by Crippen LogP contribution is 2.32. The smallest absolute Gasteiger partial charge is 0.123 e. The van der Waals surface area contributed by atoms with Crippen LogP contribution in [0.5, 0.6) is 0 Å². The van der Waals surface area contributed by atoms with Gasteiger partial charge in [-0.1, -0.05) is 13.8 Å². The van der Waals surface area contributed by atoms with Crippen LogP contribution < -0.4 is 5.32 Å². The van der Waals surface area contributed by atoms with Crippen molar-refractivity contribution in [3.63, 3.8) is 0 Å². The van der Waals surface area contributed by atoms with Crippen molar-refractivity contribution < 1.29 is 4.39 Å². The van der Waals surface area contributed by atoms with E-state index < -0.39 is 0 Å². The average molecular weight is 237 g/mol. The molecular formula is C13H16FNS. The predicted molar refractivity (Wildman–Crippen MR) is 68.5 cm³/mol. The van der Waals surface area contributed by atoms with Crippen LogP contribution in [0.1, 0.15) is 24.3 Å². The number of thiophene rings is 1. The molecule has 0 aliphatic rings. The maximum absolute atomic E-state index is 13.2. The summed E-state index contributed by atoms with van der Waals surface area (Å²) in [7, 11) is 0. The van der Waals surface area contributed by atoms with Crippen LogP contribution in [-0.2, 0) is 13.0 Å². The maximum atomic E-state index is 13.2. The van der Waals surface area contributed by atoms with E-state index in [2.05, 4.69) is 19.2 Å². The molecule has 0 saturated carbocycles. The molecule has 0 fully saturated rings. The topological polar surface area (TPSA) is 12.0 Å². The quantitative estimate of drug-likeness (QED) is 0.854. The van der Waals surface area contributed by atoms with Crippen LogP contribution >= 0.6 is 11.3 Å². The second-order valence-corrected chi connectivity index (χ2v) is 4.91. The first kappa shape index (κ1) is 11.6. The van der Waals surface area contributed by atoms with Crippen molar-refractivity contribution in [1.29, 1.82) is 0 Å². The Bertz CT molecular complexity index is 490. The van der Waals surface area contributed by atoms with Gasteiger partial charge in [0.15, 0.2) is 0 Å². The Balaban J connectivity index is 2.49. The van der Waals surface area contributed by atoms with Gasteiger partial charge in [-0.05, 0) is 42.1 Å². The molecular weight excluding hydrogens is 221 g/mol. The van der Waals surface area contributed by atoms with Crippen molar-refractivity contribution in [3.05, 3.63) is 34.5 Å². The zero-order valence-electron chi connectivity index (χ0n) is 9.64. The molecule has 0 amide bonds. The summed E-state index contributed by atoms with van der Waals surface area (Å²) in [5, 5.41) is 4.42. The fraction of sp³-hybridized carbons (Fsp3) is 0.385. The van der Waals surface area contributed by atoms with Gasteiger partial charge >= 0.3 is 0 Å². The minimum atomic E-state index is -0.144. The lowest BCUT2D eigenvalue weighted by Gasteiger charge is -2.02. The number of nitrogens with one attached hydrogen (secondary N) is 1. The molecule has 0 unspecified atom stereocenters. The molecule has 2 rings (SSSR count). The zero-order valence-corrected chi connectivity index (χ0v) is 10.5. The van der Waals surface area contributed by atoms with Gasteiger partial charge in [0.25, 0.3) is 0 Å². The summed E-state index contributed by atoms with van der Waals surface area (Å²) in [6.07, 6.45) is 0.962. The van der Waals surface area contributed by atoms with Gasteiger partial charge in [-0.15, -0.1) is 11.3 Å². The van der Waals surface area contributed by atoms with Crippen LogP contribution in [0, 0.1) is 5.82 Å². The first-order valence-electron chi connectivity index (χ1n) is 5.66. The van der Waals surface area contributed by atoms with Gasteiger partial charge in [-0.2, -0.15) is 0 Å². The van der Waals surface area contributed by atoms with Gasteiger partial charge in [-0.25, -0.2) is 4.39 Å². The average Bonchev–Trinajstić information content (AvgIpc) is 2.63. The number of rotatable bonds is 4. The number of halogens is 1. The molecule has 16 heavy (non-hydrogen) atoms. The van der Waals surface area contributed by atoms with E-state index in [1.165, 1.54) is 21.2 Å². The zero-order chi connectivity index (χ0) is 11.5. The van der Waals surface area contributed by atoms with Crippen molar-refractivity contribution in [3.8, 4) is 0 Å². The molecule has 1 nitrogen and oxygen atoms in total. The van der Waals surface area contributed by atoms with E-state index in [1.807, 2.05) is 6.07 Å². The molecule has 1 aromatic carbocycles. The Kier molecular flexibility index (Phi) is 3.56. The maximum Gasteiger partial charge on any atom is 0.123 e. The van der Waals surface area contributed by atoms with Gasteiger partial charge in [0, 0.05) is 16.1 Å². The summed E-state index contributed by atoms with van der Waals surface area (Å²) in [5.74, 6) is -0.144. The summed E-state index contributed by atoms with van der Waals surface area (Å²) < 4.78 is 14.4. The highest BCUT2D eigenvalue weighted by atomic mass is 32.1. The Morgan fingerprint density at radius 1 is 1.31 bits per heavy atom. The van der Waals surface area contributed by atoms with E-state index in [9.17, 15) is 4.39 Å². The lowest BCUT2D eigenvalue weighted by Crippen LogP contribution is -2.11. The summed E-state index contributed by atoms with van der Waals surface area (Å²) in [5.41, 5.74) is 1.29. The van der Waals surface area contributed by atoms with E-state index in [1.54, 1.807) is 17.4 Å². The lowest BCUT2D eigenvalue weighted by atomic mass is 10.1. The van der Waals surface area contributed by atoms with Crippen LogP contribution in [0.25, 0.3) is 10.1 Å². The Labute approximate surface area is 99.3 Å². The second kappa shape index (κ2) is 4.93. The number of aryl methyl sites for hydroxylation is 1. The largest absolute Gasteiger partial charge is 0.312 e. The first-order chi connectivity index (χ1) is 7.76. The third kappa shape index (κ3) is 2.11. The third-order valence-corrected chi connectivity index (χ3v) is 3.94. The molecule has 0 atom stereocenters. The van der Waals surface area contributed by atoms with Crippen molar-refractivity contribution >= 4 is 21.4 Å². The highest BCUT2D eigenvalue weighted by Gasteiger charge is 2.10. The molecule has 3 heteroatoms. The minimum Gasteiger partial charge on any atom is -0.312 e. The van der Waals surface area contributed by atoms with Gasteiger partial charge in [-0.3, -0.25) is 0 Å². The third-order valence-electron chi connectivity index (χ3n) is 2.73. The summed E-state index contributed by atoms with van der Waals surface area (Å²) >= 11 is 1.77. The van der Waals surface area contributed by atoms with E-state index in [0.717, 1.165) is 24.9 Å². The van der Waals surface area contributed by atoms with Crippen LogP contribution in [0.4, 0.5) is 4.39 Å². The number of benzene rings is 1. The SMILES string of the molecule is CCNCc1sc2ccc(F)cc2c1CC. The van der Waals surface area contributed by atoms with Crippen LogP contribution in [0.15, 0.2) is 18.2 Å². The van der Waals surface area contributed by atoms with Gasteiger partial charge in [0.1, 0.15) is 5.82 Å². The molecule has 0 radical (unpaired) electrons. The van der Waals surface area contributed by atoms with Crippen molar-refractivity contribution in [2.75, 3.05) is 6.54 Å². The first-order valence-corrected chi connectivity index (χ1v) is 6.48. The van der Waals surface area contributed by atoms with E-state index in [4.69, 9.17) is 0 Å². The molecule has 0 aliphatic carbocycles. The van der Waals surface area contributed by atoms with Crippen molar-refractivity contribution in [1.82, 2.24) is 5.32 Å². The van der Waals surface area contributed by atoms with Crippen molar-refractivity contribution in [2.45, 2.75) is 26.8 Å². The molecule has 0 bridgehead atoms. The fourth-order valence-corrected chi connectivity index (χ4v) is 3.19. The molecule has 1 heterocycles. The summed E-state index contributed by atoms with van der Waals surface area (Å²) in [6.45, 7) is 6.08. The molecule has 86 valence electrons. The molecule has 0 spiro atoms. The minimum absolute atomic E-state index is 0.144. The fourth-order valence-electron chi connectivity index (χ4n) is 1.94. The molecule has 0 saturated heterocycles. The standard InChI is InChI=1S/C13H16FNS/c1-3-10-11-7-9(14)5-6-12(11)16-13(10)8-15-4-2/h5-7,15H,3-4,8H2,1-2H3. The van der Waals surface area contributed by atoms with Gasteiger partial charge < -0.3 is 5.32 Å². The monoisotopic (exact) mass is 237 g/mol. The van der Waals surface area contributed by atoms with Crippen LogP contribution in [0.2, 0.25) is 0 Å². The van der Waals surface area contributed by atoms with Gasteiger partial charge in [0.2, 0.25) is 0 Å². The van der Waals surface area contributed by atoms with Crippen LogP contribution in [0.3, 0.4) is 0 Å². The van der Waals surface area contributed by atoms with E-state index in [-0.39, 0.29) is 5.82 Å². The van der Waals surface area contributed by atoms with E-state index in [0.29, 0.717) is 0 Å². The Morgan fingerprint density at radius 2 is 2.12 bits per heavy atom. The Hall–Kier alpha value is -0.930. The molecule has 0 aliphatic heterocycles. The molecule has 1 N–H and O–H groups in total. The number of hydrogen-bond donors (Lipinski definition) is 1. The Morgan fingerprint density at radius 3 is 2.81 bits per heavy atom. The predicted octanol–water partition coefficient (Wildman–Crippen LogP) is 3.71. The van der Waals surface area contributed by atoms with E-state index >= 15 is 0 Å². The summed E-state index contributed by atoms with van der Waals surface area (Å²) in [4.78, 5) is 1.34. The lowest BCUT2D eigenvalue weighted by molar-refractivity contribution is 0.629. The van der Waals surface area contributed by atoms with Gasteiger partial charge in [0.05, 0.1) is 0 Å². The normalized spacial score (nSPS) is 11.2. The number of fused-ring (bicyclic) bond motifs is 1. The number of hydrogen-bond acceptors (Lipinski definition) is 2. The summed E-state index contributed by atoms with van der Waals surface area (Å²) in [6, 6.07) is 5.07. The molecule has 2 aromatic rings. The molecule has 1 aromatic heterocycles.